The second-order valence-electron chi connectivity index (χ2n) is 5.26. The Hall–Kier alpha value is -1.14. The standard InChI is InChI=1S/C15H16BrN2O2S/c1-21(19,20)14-10-17-13-6-5-11(16)9-12(13)15(14)18-7-3-2-4-8-18/h2,5-6,9-10H,3-4,7-8H2,1H3. The Labute approximate surface area is 133 Å². The monoisotopic (exact) mass is 367 g/mol. The van der Waals surface area contributed by atoms with Gasteiger partial charge < -0.3 is 4.90 Å². The van der Waals surface area contributed by atoms with Crippen LogP contribution in [0.3, 0.4) is 0 Å². The minimum atomic E-state index is -3.32. The predicted molar refractivity (Wildman–Crippen MR) is 88.3 cm³/mol. The summed E-state index contributed by atoms with van der Waals surface area (Å²) in [6.07, 6.45) is 6.92. The number of nitrogens with zero attached hydrogens (tertiary/aromatic N) is 2. The molecule has 1 aromatic heterocycles. The molecule has 2 heterocycles. The number of piperidine rings is 1. The summed E-state index contributed by atoms with van der Waals surface area (Å²) in [5.74, 6) is 0. The van der Waals surface area contributed by atoms with Crippen molar-refractivity contribution in [2.24, 2.45) is 0 Å². The molecule has 2 aromatic rings. The molecule has 111 valence electrons. The summed E-state index contributed by atoms with van der Waals surface area (Å²) < 4.78 is 25.2. The zero-order valence-corrected chi connectivity index (χ0v) is 14.1. The van der Waals surface area contributed by atoms with Gasteiger partial charge in [0.2, 0.25) is 0 Å². The van der Waals surface area contributed by atoms with Crippen LogP contribution >= 0.6 is 15.9 Å². The van der Waals surface area contributed by atoms with E-state index in [1.165, 1.54) is 12.5 Å². The Balaban J connectivity index is 2.31. The molecule has 0 bridgehead atoms. The first-order valence-corrected chi connectivity index (χ1v) is 9.50. The first-order chi connectivity index (χ1) is 9.97. The Morgan fingerprint density at radius 1 is 1.24 bits per heavy atom. The third-order valence-corrected chi connectivity index (χ3v) is 5.28. The number of hydrogen-bond acceptors (Lipinski definition) is 4. The highest BCUT2D eigenvalue weighted by Crippen LogP contribution is 2.35. The number of hydrogen-bond donors (Lipinski definition) is 0. The Morgan fingerprint density at radius 3 is 2.62 bits per heavy atom. The third kappa shape index (κ3) is 2.92. The normalized spacial score (nSPS) is 16.4. The van der Waals surface area contributed by atoms with E-state index in [1.54, 1.807) is 0 Å². The largest absolute Gasteiger partial charge is 0.370 e. The molecule has 1 saturated heterocycles. The first kappa shape index (κ1) is 14.8. The lowest BCUT2D eigenvalue weighted by Gasteiger charge is -2.31. The zero-order valence-electron chi connectivity index (χ0n) is 11.7. The fourth-order valence-corrected chi connectivity index (χ4v) is 3.90. The van der Waals surface area contributed by atoms with E-state index >= 15 is 0 Å². The van der Waals surface area contributed by atoms with Crippen molar-refractivity contribution in [2.45, 2.75) is 17.7 Å². The predicted octanol–water partition coefficient (Wildman–Crippen LogP) is 3.21. The lowest BCUT2D eigenvalue weighted by molar-refractivity contribution is 0.600. The van der Waals surface area contributed by atoms with Crippen LogP contribution in [0, 0.1) is 6.42 Å². The molecule has 6 heteroatoms. The summed E-state index contributed by atoms with van der Waals surface area (Å²) in [6, 6.07) is 5.78. The lowest BCUT2D eigenvalue weighted by atomic mass is 10.1. The molecule has 1 radical (unpaired) electrons. The lowest BCUT2D eigenvalue weighted by Crippen LogP contribution is -2.31. The molecule has 4 nitrogen and oxygen atoms in total. The van der Waals surface area contributed by atoms with Crippen molar-refractivity contribution in [1.82, 2.24) is 4.98 Å². The summed E-state index contributed by atoms with van der Waals surface area (Å²) in [4.78, 5) is 6.78. The second kappa shape index (κ2) is 5.57. The van der Waals surface area contributed by atoms with Gasteiger partial charge in [-0.1, -0.05) is 15.9 Å². The molecule has 1 aliphatic heterocycles. The third-order valence-electron chi connectivity index (χ3n) is 3.69. The average molecular weight is 368 g/mol. The van der Waals surface area contributed by atoms with Gasteiger partial charge in [0.05, 0.1) is 11.2 Å². The number of sulfone groups is 1. The molecule has 0 saturated carbocycles. The van der Waals surface area contributed by atoms with E-state index in [-0.39, 0.29) is 0 Å². The minimum absolute atomic E-state index is 0.315. The van der Waals surface area contributed by atoms with Crippen LogP contribution in [0.25, 0.3) is 10.9 Å². The van der Waals surface area contributed by atoms with Gasteiger partial charge in [-0.05, 0) is 37.5 Å². The van der Waals surface area contributed by atoms with Gasteiger partial charge in [-0.15, -0.1) is 0 Å². The van der Waals surface area contributed by atoms with E-state index in [2.05, 4.69) is 32.2 Å². The molecule has 3 rings (SSSR count). The maximum Gasteiger partial charge on any atom is 0.179 e. The van der Waals surface area contributed by atoms with Gasteiger partial charge in [-0.2, -0.15) is 0 Å². The molecule has 0 aliphatic carbocycles. The molecular weight excluding hydrogens is 352 g/mol. The van der Waals surface area contributed by atoms with Gasteiger partial charge >= 0.3 is 0 Å². The van der Waals surface area contributed by atoms with E-state index in [0.29, 0.717) is 4.90 Å². The number of anilines is 1. The van der Waals surface area contributed by atoms with Gasteiger partial charge in [0.15, 0.2) is 9.84 Å². The van der Waals surface area contributed by atoms with Crippen molar-refractivity contribution in [3.8, 4) is 0 Å². The molecule has 0 unspecified atom stereocenters. The van der Waals surface area contributed by atoms with E-state index in [1.807, 2.05) is 18.2 Å². The van der Waals surface area contributed by atoms with Crippen molar-refractivity contribution >= 4 is 42.4 Å². The highest BCUT2D eigenvalue weighted by molar-refractivity contribution is 9.10. The van der Waals surface area contributed by atoms with E-state index in [4.69, 9.17) is 0 Å². The van der Waals surface area contributed by atoms with Crippen LogP contribution in [0.2, 0.25) is 0 Å². The fourth-order valence-electron chi connectivity index (χ4n) is 2.70. The van der Waals surface area contributed by atoms with Gasteiger partial charge in [0, 0.05) is 35.4 Å². The smallest absolute Gasteiger partial charge is 0.179 e. The maximum atomic E-state index is 12.1. The number of benzene rings is 1. The Bertz CT molecular complexity index is 784. The van der Waals surface area contributed by atoms with E-state index < -0.39 is 9.84 Å². The Kier molecular flexibility index (Phi) is 3.92. The van der Waals surface area contributed by atoms with Gasteiger partial charge in [0.25, 0.3) is 0 Å². The number of fused-ring (bicyclic) bond motifs is 1. The van der Waals surface area contributed by atoms with Crippen LogP contribution in [0.15, 0.2) is 33.8 Å². The molecule has 1 aromatic carbocycles. The van der Waals surface area contributed by atoms with Gasteiger partial charge in [-0.3, -0.25) is 4.98 Å². The minimum Gasteiger partial charge on any atom is -0.370 e. The topological polar surface area (TPSA) is 50.3 Å². The van der Waals surface area contributed by atoms with Gasteiger partial charge in [-0.25, -0.2) is 8.42 Å². The van der Waals surface area contributed by atoms with Crippen molar-refractivity contribution in [1.29, 1.82) is 0 Å². The maximum absolute atomic E-state index is 12.1. The summed E-state index contributed by atoms with van der Waals surface area (Å²) in [5, 5.41) is 0.884. The van der Waals surface area contributed by atoms with Crippen molar-refractivity contribution in [3.63, 3.8) is 0 Å². The van der Waals surface area contributed by atoms with E-state index in [0.717, 1.165) is 47.0 Å². The summed E-state index contributed by atoms with van der Waals surface area (Å²) in [7, 11) is -3.32. The summed E-state index contributed by atoms with van der Waals surface area (Å²) in [6.45, 7) is 1.68. The molecule has 1 aliphatic rings. The van der Waals surface area contributed by atoms with E-state index in [9.17, 15) is 8.42 Å². The van der Waals surface area contributed by atoms with Crippen molar-refractivity contribution < 1.29 is 8.42 Å². The number of halogens is 1. The molecule has 0 amide bonds. The Morgan fingerprint density at radius 2 is 1.95 bits per heavy atom. The van der Waals surface area contributed by atoms with Crippen LogP contribution < -0.4 is 4.90 Å². The second-order valence-corrected chi connectivity index (χ2v) is 8.16. The first-order valence-electron chi connectivity index (χ1n) is 6.82. The van der Waals surface area contributed by atoms with Crippen LogP contribution in [0.5, 0.6) is 0 Å². The summed E-state index contributed by atoms with van der Waals surface area (Å²) >= 11 is 3.46. The molecule has 21 heavy (non-hydrogen) atoms. The zero-order chi connectivity index (χ0) is 15.0. The average Bonchev–Trinajstić information content (AvgIpc) is 2.46. The molecule has 0 spiro atoms. The molecule has 0 N–H and O–H groups in total. The number of pyridine rings is 1. The molecule has 0 atom stereocenters. The summed E-state index contributed by atoms with van der Waals surface area (Å²) in [5.41, 5.74) is 1.60. The van der Waals surface area contributed by atoms with Crippen LogP contribution in [0.1, 0.15) is 12.8 Å². The highest BCUT2D eigenvalue weighted by atomic mass is 79.9. The molecule has 1 fully saturated rings. The van der Waals surface area contributed by atoms with Crippen LogP contribution in [-0.4, -0.2) is 32.7 Å². The van der Waals surface area contributed by atoms with Crippen molar-refractivity contribution in [2.75, 3.05) is 24.2 Å². The van der Waals surface area contributed by atoms with Crippen molar-refractivity contribution in [3.05, 3.63) is 35.3 Å². The van der Waals surface area contributed by atoms with Crippen LogP contribution in [0.4, 0.5) is 5.69 Å². The quantitative estimate of drug-likeness (QED) is 0.817. The fraction of sp³-hybridized carbons (Fsp3) is 0.333. The SMILES string of the molecule is CS(=O)(=O)c1cnc2ccc(Br)cc2c1N1CC[CH]CC1. The highest BCUT2D eigenvalue weighted by Gasteiger charge is 2.23. The molecular formula is C15H16BrN2O2S. The van der Waals surface area contributed by atoms with Gasteiger partial charge in [0.1, 0.15) is 4.90 Å². The number of aromatic nitrogens is 1. The van der Waals surface area contributed by atoms with Crippen LogP contribution in [-0.2, 0) is 9.84 Å². The number of rotatable bonds is 2.